The van der Waals surface area contributed by atoms with Gasteiger partial charge in [0.15, 0.2) is 0 Å². The summed E-state index contributed by atoms with van der Waals surface area (Å²) in [4.78, 5) is 1.96. The Labute approximate surface area is 111 Å². The molecule has 2 aromatic rings. The summed E-state index contributed by atoms with van der Waals surface area (Å²) < 4.78 is 26.8. The molecule has 2 nitrogen and oxygen atoms in total. The standard InChI is InChI=1S/C15H16F2N2/c1-2-19(14-6-4-13(18)5-7-14)10-11-9-12(16)3-8-15(11)17/h3-9H,2,10,18H2,1H3. The third kappa shape index (κ3) is 3.22. The second kappa shape index (κ2) is 5.69. The van der Waals surface area contributed by atoms with Gasteiger partial charge in [0.25, 0.3) is 0 Å². The van der Waals surface area contributed by atoms with Crippen molar-refractivity contribution in [1.82, 2.24) is 0 Å². The van der Waals surface area contributed by atoms with E-state index >= 15 is 0 Å². The molecule has 0 saturated heterocycles. The van der Waals surface area contributed by atoms with E-state index in [2.05, 4.69) is 0 Å². The fourth-order valence-corrected chi connectivity index (χ4v) is 1.94. The first-order chi connectivity index (χ1) is 9.10. The minimum Gasteiger partial charge on any atom is -0.399 e. The van der Waals surface area contributed by atoms with Crippen molar-refractivity contribution in [3.63, 3.8) is 0 Å². The predicted molar refractivity (Wildman–Crippen MR) is 73.9 cm³/mol. The number of halogens is 2. The maximum Gasteiger partial charge on any atom is 0.128 e. The zero-order valence-corrected chi connectivity index (χ0v) is 10.7. The van der Waals surface area contributed by atoms with Crippen LogP contribution in [0.4, 0.5) is 20.2 Å². The highest BCUT2D eigenvalue weighted by Gasteiger charge is 2.09. The minimum absolute atomic E-state index is 0.323. The van der Waals surface area contributed by atoms with Crippen molar-refractivity contribution < 1.29 is 8.78 Å². The van der Waals surface area contributed by atoms with Crippen LogP contribution >= 0.6 is 0 Å². The molecule has 2 aromatic carbocycles. The minimum atomic E-state index is -0.426. The third-order valence-electron chi connectivity index (χ3n) is 3.01. The average Bonchev–Trinajstić information content (AvgIpc) is 2.41. The van der Waals surface area contributed by atoms with E-state index in [9.17, 15) is 8.78 Å². The number of rotatable bonds is 4. The molecular formula is C15H16F2N2. The number of nitrogen functional groups attached to an aromatic ring is 1. The van der Waals surface area contributed by atoms with E-state index < -0.39 is 11.6 Å². The van der Waals surface area contributed by atoms with Crippen molar-refractivity contribution in [1.29, 1.82) is 0 Å². The van der Waals surface area contributed by atoms with Gasteiger partial charge in [-0.1, -0.05) is 0 Å². The maximum atomic E-state index is 13.6. The van der Waals surface area contributed by atoms with Crippen LogP contribution in [0.15, 0.2) is 42.5 Å². The lowest BCUT2D eigenvalue weighted by Gasteiger charge is -2.23. The zero-order valence-electron chi connectivity index (χ0n) is 10.7. The highest BCUT2D eigenvalue weighted by Crippen LogP contribution is 2.20. The Morgan fingerprint density at radius 1 is 1.05 bits per heavy atom. The number of hydrogen-bond acceptors (Lipinski definition) is 2. The van der Waals surface area contributed by atoms with Crippen LogP contribution in [0.5, 0.6) is 0 Å². The summed E-state index contributed by atoms with van der Waals surface area (Å²) in [7, 11) is 0. The molecule has 0 spiro atoms. The number of benzene rings is 2. The Kier molecular flexibility index (Phi) is 4.00. The molecule has 0 amide bonds. The fourth-order valence-electron chi connectivity index (χ4n) is 1.94. The molecule has 0 atom stereocenters. The monoisotopic (exact) mass is 262 g/mol. The summed E-state index contributed by atoms with van der Waals surface area (Å²) in [5.41, 5.74) is 7.59. The molecule has 0 radical (unpaired) electrons. The molecule has 19 heavy (non-hydrogen) atoms. The van der Waals surface area contributed by atoms with E-state index in [1.165, 1.54) is 6.07 Å². The normalized spacial score (nSPS) is 10.5. The number of hydrogen-bond donors (Lipinski definition) is 1. The molecule has 0 fully saturated rings. The molecule has 0 aliphatic heterocycles. The second-order valence-electron chi connectivity index (χ2n) is 4.34. The molecular weight excluding hydrogens is 246 g/mol. The zero-order chi connectivity index (χ0) is 13.8. The van der Waals surface area contributed by atoms with Crippen molar-refractivity contribution in [3.8, 4) is 0 Å². The maximum absolute atomic E-state index is 13.6. The number of nitrogens with two attached hydrogens (primary N) is 1. The van der Waals surface area contributed by atoms with Crippen LogP contribution in [0.25, 0.3) is 0 Å². The van der Waals surface area contributed by atoms with Crippen molar-refractivity contribution in [2.24, 2.45) is 0 Å². The van der Waals surface area contributed by atoms with Gasteiger partial charge >= 0.3 is 0 Å². The van der Waals surface area contributed by atoms with Gasteiger partial charge < -0.3 is 10.6 Å². The Hall–Kier alpha value is -2.10. The summed E-state index contributed by atoms with van der Waals surface area (Å²) in [6.45, 7) is 2.98. The molecule has 0 aliphatic carbocycles. The highest BCUT2D eigenvalue weighted by atomic mass is 19.1. The van der Waals surface area contributed by atoms with Crippen molar-refractivity contribution >= 4 is 11.4 Å². The van der Waals surface area contributed by atoms with Crippen LogP contribution in [0.3, 0.4) is 0 Å². The summed E-state index contributed by atoms with van der Waals surface area (Å²) in [5, 5.41) is 0. The van der Waals surface area contributed by atoms with Gasteiger partial charge in [-0.2, -0.15) is 0 Å². The number of anilines is 2. The molecule has 0 aromatic heterocycles. The lowest BCUT2D eigenvalue weighted by atomic mass is 10.1. The van der Waals surface area contributed by atoms with Gasteiger partial charge in [-0.25, -0.2) is 8.78 Å². The molecule has 0 heterocycles. The van der Waals surface area contributed by atoms with Crippen LogP contribution in [-0.2, 0) is 6.54 Å². The van der Waals surface area contributed by atoms with Gasteiger partial charge in [-0.05, 0) is 49.4 Å². The Balaban J connectivity index is 2.23. The number of nitrogens with zero attached hydrogens (tertiary/aromatic N) is 1. The first-order valence-electron chi connectivity index (χ1n) is 6.14. The van der Waals surface area contributed by atoms with Gasteiger partial charge in [-0.3, -0.25) is 0 Å². The van der Waals surface area contributed by atoms with E-state index in [1.54, 1.807) is 12.1 Å². The average molecular weight is 262 g/mol. The van der Waals surface area contributed by atoms with Crippen LogP contribution in [-0.4, -0.2) is 6.54 Å². The van der Waals surface area contributed by atoms with Crippen molar-refractivity contribution in [2.45, 2.75) is 13.5 Å². The van der Waals surface area contributed by atoms with Gasteiger partial charge in [0.05, 0.1) is 0 Å². The summed E-state index contributed by atoms with van der Waals surface area (Å²) in [5.74, 6) is -0.819. The van der Waals surface area contributed by atoms with E-state index in [1.807, 2.05) is 24.0 Å². The molecule has 100 valence electrons. The summed E-state index contributed by atoms with van der Waals surface area (Å²) in [6, 6.07) is 10.8. The Morgan fingerprint density at radius 3 is 2.37 bits per heavy atom. The molecule has 0 bridgehead atoms. The highest BCUT2D eigenvalue weighted by molar-refractivity contribution is 5.53. The first kappa shape index (κ1) is 13.3. The largest absolute Gasteiger partial charge is 0.399 e. The molecule has 2 rings (SSSR count). The molecule has 0 saturated carbocycles. The lowest BCUT2D eigenvalue weighted by Crippen LogP contribution is -2.22. The second-order valence-corrected chi connectivity index (χ2v) is 4.34. The van der Waals surface area contributed by atoms with E-state index in [0.29, 0.717) is 24.3 Å². The van der Waals surface area contributed by atoms with Gasteiger partial charge in [-0.15, -0.1) is 0 Å². The van der Waals surface area contributed by atoms with E-state index in [0.717, 1.165) is 17.8 Å². The Bertz CT molecular complexity index is 553. The van der Waals surface area contributed by atoms with Crippen LogP contribution in [0.2, 0.25) is 0 Å². The Morgan fingerprint density at radius 2 is 1.74 bits per heavy atom. The SMILES string of the molecule is CCN(Cc1cc(F)ccc1F)c1ccc(N)cc1. The van der Waals surface area contributed by atoms with Crippen molar-refractivity contribution in [3.05, 3.63) is 59.7 Å². The fraction of sp³-hybridized carbons (Fsp3) is 0.200. The summed E-state index contributed by atoms with van der Waals surface area (Å²) >= 11 is 0. The molecule has 4 heteroatoms. The van der Waals surface area contributed by atoms with Crippen LogP contribution < -0.4 is 10.6 Å². The van der Waals surface area contributed by atoms with Gasteiger partial charge in [0.1, 0.15) is 11.6 Å². The molecule has 0 unspecified atom stereocenters. The topological polar surface area (TPSA) is 29.3 Å². The summed E-state index contributed by atoms with van der Waals surface area (Å²) in [6.07, 6.45) is 0. The lowest BCUT2D eigenvalue weighted by molar-refractivity contribution is 0.581. The van der Waals surface area contributed by atoms with Gasteiger partial charge in [0, 0.05) is 30.0 Å². The smallest absolute Gasteiger partial charge is 0.128 e. The van der Waals surface area contributed by atoms with E-state index in [-0.39, 0.29) is 0 Å². The van der Waals surface area contributed by atoms with Gasteiger partial charge in [0.2, 0.25) is 0 Å². The molecule has 0 aliphatic rings. The predicted octanol–water partition coefficient (Wildman–Crippen LogP) is 3.57. The van der Waals surface area contributed by atoms with Crippen LogP contribution in [0, 0.1) is 11.6 Å². The van der Waals surface area contributed by atoms with E-state index in [4.69, 9.17) is 5.73 Å². The quantitative estimate of drug-likeness (QED) is 0.853. The first-order valence-corrected chi connectivity index (χ1v) is 6.14. The third-order valence-corrected chi connectivity index (χ3v) is 3.01. The van der Waals surface area contributed by atoms with Crippen LogP contribution in [0.1, 0.15) is 12.5 Å². The van der Waals surface area contributed by atoms with Crippen molar-refractivity contribution in [2.75, 3.05) is 17.2 Å². The molecule has 2 N–H and O–H groups in total.